The van der Waals surface area contributed by atoms with Crippen molar-refractivity contribution in [1.29, 1.82) is 0 Å². The maximum atomic E-state index is 12.8. The standard InChI is InChI=1S/C11H13ClF3NO2S/c1-2-8(7-12)16-19(17,18)10-6-4-3-5-9(10)11(13,14)15/h3-6,8,16H,2,7H2,1H3. The Morgan fingerprint density at radius 3 is 2.37 bits per heavy atom. The molecule has 0 spiro atoms. The summed E-state index contributed by atoms with van der Waals surface area (Å²) in [6.45, 7) is 1.69. The number of hydrogen-bond donors (Lipinski definition) is 1. The van der Waals surface area contributed by atoms with Crippen molar-refractivity contribution < 1.29 is 21.6 Å². The van der Waals surface area contributed by atoms with E-state index in [4.69, 9.17) is 11.6 Å². The van der Waals surface area contributed by atoms with Crippen LogP contribution in [0.25, 0.3) is 0 Å². The van der Waals surface area contributed by atoms with Crippen molar-refractivity contribution in [2.45, 2.75) is 30.5 Å². The number of sulfonamides is 1. The van der Waals surface area contributed by atoms with Gasteiger partial charge in [0.2, 0.25) is 10.0 Å². The van der Waals surface area contributed by atoms with Crippen molar-refractivity contribution in [2.24, 2.45) is 0 Å². The van der Waals surface area contributed by atoms with E-state index in [2.05, 4.69) is 4.72 Å². The quantitative estimate of drug-likeness (QED) is 0.849. The van der Waals surface area contributed by atoms with E-state index in [1.54, 1.807) is 6.92 Å². The molecule has 3 nitrogen and oxygen atoms in total. The summed E-state index contributed by atoms with van der Waals surface area (Å²) in [5.41, 5.74) is -1.19. The summed E-state index contributed by atoms with van der Waals surface area (Å²) in [6.07, 6.45) is -4.34. The summed E-state index contributed by atoms with van der Waals surface area (Å²) in [5, 5.41) is 0. The van der Waals surface area contributed by atoms with E-state index in [1.165, 1.54) is 6.07 Å². The average Bonchev–Trinajstić information content (AvgIpc) is 2.35. The molecule has 108 valence electrons. The zero-order chi connectivity index (χ0) is 14.7. The van der Waals surface area contributed by atoms with Gasteiger partial charge in [-0.1, -0.05) is 19.1 Å². The van der Waals surface area contributed by atoms with E-state index in [1.807, 2.05) is 0 Å². The average molecular weight is 316 g/mol. The Hall–Kier alpha value is -0.790. The van der Waals surface area contributed by atoms with Gasteiger partial charge in [0, 0.05) is 11.9 Å². The largest absolute Gasteiger partial charge is 0.417 e. The number of nitrogens with one attached hydrogen (secondary N) is 1. The normalized spacial score (nSPS) is 14.4. The predicted molar refractivity (Wildman–Crippen MR) is 66.6 cm³/mol. The Balaban J connectivity index is 3.23. The Morgan fingerprint density at radius 2 is 1.89 bits per heavy atom. The van der Waals surface area contributed by atoms with Gasteiger partial charge in [-0.05, 0) is 18.6 Å². The molecule has 1 aromatic rings. The van der Waals surface area contributed by atoms with Crippen LogP contribution in [0.15, 0.2) is 29.2 Å². The molecule has 8 heteroatoms. The maximum absolute atomic E-state index is 12.8. The van der Waals surface area contributed by atoms with Crippen molar-refractivity contribution in [1.82, 2.24) is 4.72 Å². The zero-order valence-corrected chi connectivity index (χ0v) is 11.6. The molecule has 1 rings (SSSR count). The first-order chi connectivity index (χ1) is 8.72. The molecular weight excluding hydrogens is 303 g/mol. The minimum atomic E-state index is -4.73. The second kappa shape index (κ2) is 6.11. The van der Waals surface area contributed by atoms with Gasteiger partial charge in [-0.2, -0.15) is 13.2 Å². The number of benzene rings is 1. The SMILES string of the molecule is CCC(CCl)NS(=O)(=O)c1ccccc1C(F)(F)F. The van der Waals surface area contributed by atoms with Gasteiger partial charge in [0.25, 0.3) is 0 Å². The van der Waals surface area contributed by atoms with Gasteiger partial charge in [-0.25, -0.2) is 13.1 Å². The Labute approximate surface area is 114 Å². The highest BCUT2D eigenvalue weighted by atomic mass is 35.5. The zero-order valence-electron chi connectivity index (χ0n) is 10.0. The Morgan fingerprint density at radius 1 is 1.32 bits per heavy atom. The monoisotopic (exact) mass is 315 g/mol. The van der Waals surface area contributed by atoms with Crippen LogP contribution in [0, 0.1) is 0 Å². The lowest BCUT2D eigenvalue weighted by Crippen LogP contribution is -2.36. The number of alkyl halides is 4. The maximum Gasteiger partial charge on any atom is 0.417 e. The van der Waals surface area contributed by atoms with Crippen LogP contribution >= 0.6 is 11.6 Å². The highest BCUT2D eigenvalue weighted by Crippen LogP contribution is 2.33. The van der Waals surface area contributed by atoms with Gasteiger partial charge in [0.05, 0.1) is 10.5 Å². The second-order valence-corrected chi connectivity index (χ2v) is 5.87. The van der Waals surface area contributed by atoms with Gasteiger partial charge < -0.3 is 0 Å². The smallest absolute Gasteiger partial charge is 0.207 e. The lowest BCUT2D eigenvalue weighted by Gasteiger charge is -2.17. The van der Waals surface area contributed by atoms with Crippen LogP contribution in [-0.4, -0.2) is 20.3 Å². The fraction of sp³-hybridized carbons (Fsp3) is 0.455. The first-order valence-corrected chi connectivity index (χ1v) is 7.48. The third kappa shape index (κ3) is 4.09. The first kappa shape index (κ1) is 16.3. The third-order valence-corrected chi connectivity index (χ3v) is 4.43. The summed E-state index contributed by atoms with van der Waals surface area (Å²) in [6, 6.07) is 3.43. The Kier molecular flexibility index (Phi) is 5.23. The van der Waals surface area contributed by atoms with E-state index in [-0.39, 0.29) is 5.88 Å². The molecule has 0 radical (unpaired) electrons. The minimum Gasteiger partial charge on any atom is -0.207 e. The van der Waals surface area contributed by atoms with Gasteiger partial charge in [-0.3, -0.25) is 0 Å². The molecular formula is C11H13ClF3NO2S. The molecule has 1 atom stereocenters. The van der Waals surface area contributed by atoms with Gasteiger partial charge in [0.1, 0.15) is 0 Å². The predicted octanol–water partition coefficient (Wildman–Crippen LogP) is 3.00. The molecule has 0 aliphatic carbocycles. The van der Waals surface area contributed by atoms with E-state index < -0.39 is 32.7 Å². The highest BCUT2D eigenvalue weighted by molar-refractivity contribution is 7.89. The van der Waals surface area contributed by atoms with E-state index in [0.29, 0.717) is 6.42 Å². The molecule has 0 heterocycles. The van der Waals surface area contributed by atoms with E-state index in [9.17, 15) is 21.6 Å². The molecule has 0 fully saturated rings. The van der Waals surface area contributed by atoms with Gasteiger partial charge in [-0.15, -0.1) is 11.6 Å². The topological polar surface area (TPSA) is 46.2 Å². The lowest BCUT2D eigenvalue weighted by molar-refractivity contribution is -0.139. The third-order valence-electron chi connectivity index (χ3n) is 2.48. The number of hydrogen-bond acceptors (Lipinski definition) is 2. The molecule has 19 heavy (non-hydrogen) atoms. The lowest BCUT2D eigenvalue weighted by atomic mass is 10.2. The number of rotatable bonds is 5. The van der Waals surface area contributed by atoms with Crippen molar-refractivity contribution in [2.75, 3.05) is 5.88 Å². The first-order valence-electron chi connectivity index (χ1n) is 5.47. The van der Waals surface area contributed by atoms with Crippen LogP contribution in [0.2, 0.25) is 0 Å². The molecule has 0 saturated heterocycles. The minimum absolute atomic E-state index is 0.0100. The summed E-state index contributed by atoms with van der Waals surface area (Å²) in [4.78, 5) is -0.786. The van der Waals surface area contributed by atoms with Crippen LogP contribution in [0.4, 0.5) is 13.2 Å². The fourth-order valence-electron chi connectivity index (χ4n) is 1.44. The molecule has 1 aromatic carbocycles. The van der Waals surface area contributed by atoms with Crippen molar-refractivity contribution in [3.8, 4) is 0 Å². The molecule has 0 saturated carbocycles. The van der Waals surface area contributed by atoms with Crippen molar-refractivity contribution >= 4 is 21.6 Å². The molecule has 0 aliphatic heterocycles. The molecule has 0 bridgehead atoms. The highest BCUT2D eigenvalue weighted by Gasteiger charge is 2.37. The molecule has 1 unspecified atom stereocenters. The van der Waals surface area contributed by atoms with Crippen molar-refractivity contribution in [3.05, 3.63) is 29.8 Å². The van der Waals surface area contributed by atoms with Crippen LogP contribution in [0.5, 0.6) is 0 Å². The summed E-state index contributed by atoms with van der Waals surface area (Å²) in [7, 11) is -4.25. The molecule has 1 N–H and O–H groups in total. The van der Waals surface area contributed by atoms with Gasteiger partial charge >= 0.3 is 6.18 Å². The number of halogens is 4. The summed E-state index contributed by atoms with van der Waals surface area (Å²) < 4.78 is 64.4. The van der Waals surface area contributed by atoms with Crippen LogP contribution < -0.4 is 4.72 Å². The molecule has 0 aromatic heterocycles. The fourth-order valence-corrected chi connectivity index (χ4v) is 3.38. The van der Waals surface area contributed by atoms with E-state index >= 15 is 0 Å². The Bertz CT molecular complexity index is 527. The second-order valence-electron chi connectivity index (χ2n) is 3.87. The van der Waals surface area contributed by atoms with Crippen LogP contribution in [0.1, 0.15) is 18.9 Å². The molecule has 0 aliphatic rings. The van der Waals surface area contributed by atoms with Gasteiger partial charge in [0.15, 0.2) is 0 Å². The van der Waals surface area contributed by atoms with Crippen molar-refractivity contribution in [3.63, 3.8) is 0 Å². The van der Waals surface area contributed by atoms with Crippen LogP contribution in [-0.2, 0) is 16.2 Å². The summed E-state index contributed by atoms with van der Waals surface area (Å²) >= 11 is 5.54. The molecule has 0 amide bonds. The summed E-state index contributed by atoms with van der Waals surface area (Å²) in [5.74, 6) is -0.0100. The van der Waals surface area contributed by atoms with E-state index in [0.717, 1.165) is 18.2 Å². The van der Waals surface area contributed by atoms with Crippen LogP contribution in [0.3, 0.4) is 0 Å².